The molecule has 0 unspecified atom stereocenters. The zero-order valence-corrected chi connectivity index (χ0v) is 25.4. The van der Waals surface area contributed by atoms with Gasteiger partial charge in [-0.25, -0.2) is 0 Å². The third-order valence-electron chi connectivity index (χ3n) is 9.11. The van der Waals surface area contributed by atoms with Gasteiger partial charge < -0.3 is 8.83 Å². The fourth-order valence-corrected chi connectivity index (χ4v) is 6.87. The van der Waals surface area contributed by atoms with E-state index in [2.05, 4.69) is 0 Å². The van der Waals surface area contributed by atoms with Crippen molar-refractivity contribution in [1.29, 1.82) is 0 Å². The first-order valence-electron chi connectivity index (χ1n) is 19.7. The van der Waals surface area contributed by atoms with E-state index in [4.69, 9.17) is 19.8 Å². The number of rotatable bonds is 4. The number of hydrogen-bond acceptors (Lipinski definition) is 2. The number of hydrogen-bond donors (Lipinski definition) is 0. The van der Waals surface area contributed by atoms with Gasteiger partial charge in [0.15, 0.2) is 0 Å². The molecule has 2 heterocycles. The summed E-state index contributed by atoms with van der Waals surface area (Å²) in [5.41, 5.74) is 6.72. The Morgan fingerprint density at radius 1 is 0.354 bits per heavy atom. The largest absolute Gasteiger partial charge is 0.456 e. The average molecular weight is 621 g/mol. The van der Waals surface area contributed by atoms with Crippen molar-refractivity contribution in [3.05, 3.63) is 170 Å². The zero-order chi connectivity index (χ0) is 38.6. The van der Waals surface area contributed by atoms with Gasteiger partial charge >= 0.3 is 0 Å². The van der Waals surface area contributed by atoms with Crippen molar-refractivity contribution in [1.82, 2.24) is 0 Å². The second-order valence-electron chi connectivity index (χ2n) is 11.9. The van der Waals surface area contributed by atoms with Crippen molar-refractivity contribution in [2.24, 2.45) is 0 Å². The molecule has 0 amide bonds. The average Bonchev–Trinajstić information content (AvgIpc) is 3.82. The predicted octanol–water partition coefficient (Wildman–Crippen LogP) is 13.3. The third kappa shape index (κ3) is 4.20. The van der Waals surface area contributed by atoms with Crippen molar-refractivity contribution in [3.63, 3.8) is 0 Å². The van der Waals surface area contributed by atoms with Gasteiger partial charge in [-0.15, -0.1) is 0 Å². The van der Waals surface area contributed by atoms with Crippen LogP contribution in [0, 0.1) is 0 Å². The van der Waals surface area contributed by atoms with Crippen LogP contribution in [-0.4, -0.2) is 0 Å². The van der Waals surface area contributed by atoms with E-state index in [1.165, 1.54) is 0 Å². The molecule has 224 valence electrons. The molecule has 0 N–H and O–H groups in total. The van der Waals surface area contributed by atoms with E-state index < -0.39 is 24.2 Å². The van der Waals surface area contributed by atoms with Gasteiger partial charge in [-0.1, -0.05) is 139 Å². The van der Waals surface area contributed by atoms with Gasteiger partial charge in [-0.2, -0.15) is 0 Å². The lowest BCUT2D eigenvalue weighted by molar-refractivity contribution is 0.631. The van der Waals surface area contributed by atoms with E-state index >= 15 is 0 Å². The Balaban J connectivity index is 1.15. The second-order valence-corrected chi connectivity index (χ2v) is 11.9. The zero-order valence-electron chi connectivity index (χ0n) is 33.4. The minimum Gasteiger partial charge on any atom is -0.456 e. The van der Waals surface area contributed by atoms with Gasteiger partial charge in [0.1, 0.15) is 22.5 Å². The summed E-state index contributed by atoms with van der Waals surface area (Å²) in [7, 11) is 0. The van der Waals surface area contributed by atoms with Crippen molar-refractivity contribution in [2.45, 2.75) is 0 Å². The molecule has 2 nitrogen and oxygen atoms in total. The van der Waals surface area contributed by atoms with Crippen LogP contribution < -0.4 is 0 Å². The van der Waals surface area contributed by atoms with Crippen LogP contribution in [0.25, 0.3) is 99.2 Å². The van der Waals surface area contributed by atoms with E-state index in [0.717, 1.165) is 49.8 Å². The summed E-state index contributed by atoms with van der Waals surface area (Å²) in [4.78, 5) is 0. The standard InChI is InChI=1S/C46H28O2/c1-3-11-30(12-4-1)41-26-34-27-44-40(28-42(34)47-41)35-24-23-33(25-43(35)48-44)29-19-21-32(22-20-29)46-38-17-9-7-15-36(38)45(31-13-5-2-6-14-31)37-16-8-10-18-39(37)46/h1-28H/i7D,8D,9D,10D,15D,16D,17D,18D. The van der Waals surface area contributed by atoms with E-state index in [0.29, 0.717) is 27.8 Å². The Hall–Kier alpha value is -6.38. The summed E-state index contributed by atoms with van der Waals surface area (Å²) in [6, 6.07) is 35.6. The Morgan fingerprint density at radius 2 is 0.875 bits per heavy atom. The Labute approximate surface area is 288 Å². The van der Waals surface area contributed by atoms with Gasteiger partial charge in [-0.05, 0) is 85.3 Å². The van der Waals surface area contributed by atoms with Crippen LogP contribution in [0.3, 0.4) is 0 Å². The van der Waals surface area contributed by atoms with E-state index in [1.54, 1.807) is 24.3 Å². The molecule has 0 saturated heterocycles. The highest BCUT2D eigenvalue weighted by Gasteiger charge is 2.17. The van der Waals surface area contributed by atoms with E-state index in [1.807, 2.05) is 97.1 Å². The highest BCUT2D eigenvalue weighted by Crippen LogP contribution is 2.44. The van der Waals surface area contributed by atoms with E-state index in [9.17, 15) is 0 Å². The summed E-state index contributed by atoms with van der Waals surface area (Å²) < 4.78 is 83.7. The molecule has 0 radical (unpaired) electrons. The first-order chi connectivity index (χ1) is 27.1. The first-order valence-corrected chi connectivity index (χ1v) is 15.7. The molecule has 0 bridgehead atoms. The lowest BCUT2D eigenvalue weighted by atomic mass is 9.86. The molecule has 0 aliphatic rings. The van der Waals surface area contributed by atoms with Crippen molar-refractivity contribution < 1.29 is 19.8 Å². The molecule has 10 aromatic rings. The number of benzene rings is 8. The monoisotopic (exact) mass is 620 g/mol. The minimum atomic E-state index is -0.428. The van der Waals surface area contributed by atoms with E-state index in [-0.39, 0.29) is 45.7 Å². The summed E-state index contributed by atoms with van der Waals surface area (Å²) in [6.45, 7) is 0. The van der Waals surface area contributed by atoms with Crippen molar-refractivity contribution in [2.75, 3.05) is 0 Å². The molecule has 0 atom stereocenters. The van der Waals surface area contributed by atoms with Gasteiger partial charge in [0, 0.05) is 21.7 Å². The normalized spacial score (nSPS) is 14.1. The maximum absolute atomic E-state index is 9.16. The van der Waals surface area contributed by atoms with Gasteiger partial charge in [-0.3, -0.25) is 0 Å². The van der Waals surface area contributed by atoms with Crippen LogP contribution in [-0.2, 0) is 0 Å². The first kappa shape index (κ1) is 20.0. The lowest BCUT2D eigenvalue weighted by Crippen LogP contribution is -1.90. The molecule has 10 rings (SSSR count). The SMILES string of the molecule is [2H]c1c([2H])c([2H])c2c(-c3ccc(-c4ccc5c(c4)oc4cc6cc(-c7ccccc7)oc6cc45)cc3)c3c([2H])c([2H])c([2H])c([2H])c3c(-c3ccccc3)c2c1[2H]. The summed E-state index contributed by atoms with van der Waals surface area (Å²) >= 11 is 0. The third-order valence-corrected chi connectivity index (χ3v) is 9.11. The summed E-state index contributed by atoms with van der Waals surface area (Å²) in [6.07, 6.45) is 0. The second kappa shape index (κ2) is 10.6. The number of furan rings is 2. The molecule has 0 spiro atoms. The van der Waals surface area contributed by atoms with Gasteiger partial charge in [0.2, 0.25) is 0 Å². The molecular weight excluding hydrogens is 585 g/mol. The Bertz CT molecular complexity index is 3180. The maximum Gasteiger partial charge on any atom is 0.136 e. The topological polar surface area (TPSA) is 26.3 Å². The molecule has 2 aromatic heterocycles. The molecule has 0 fully saturated rings. The van der Waals surface area contributed by atoms with Gasteiger partial charge in [0.25, 0.3) is 0 Å². The smallest absolute Gasteiger partial charge is 0.136 e. The molecule has 0 aliphatic carbocycles. The van der Waals surface area contributed by atoms with Crippen LogP contribution in [0.4, 0.5) is 0 Å². The van der Waals surface area contributed by atoms with Gasteiger partial charge in [0.05, 0.1) is 11.0 Å². The quantitative estimate of drug-likeness (QED) is 0.183. The number of fused-ring (bicyclic) bond motifs is 6. The lowest BCUT2D eigenvalue weighted by Gasteiger charge is -2.18. The highest BCUT2D eigenvalue weighted by atomic mass is 16.3. The molecule has 2 heteroatoms. The fraction of sp³-hybridized carbons (Fsp3) is 0. The Kier molecular flexibility index (Phi) is 4.41. The van der Waals surface area contributed by atoms with Crippen LogP contribution in [0.15, 0.2) is 179 Å². The fourth-order valence-electron chi connectivity index (χ4n) is 6.87. The van der Waals surface area contributed by atoms with Crippen LogP contribution in [0.5, 0.6) is 0 Å². The summed E-state index contributed by atoms with van der Waals surface area (Å²) in [5, 5.41) is 3.58. The molecule has 0 aliphatic heterocycles. The van der Waals surface area contributed by atoms with Crippen molar-refractivity contribution in [3.8, 4) is 44.7 Å². The summed E-state index contributed by atoms with van der Waals surface area (Å²) in [5.74, 6) is 0.789. The van der Waals surface area contributed by atoms with Crippen LogP contribution in [0.2, 0.25) is 0 Å². The molecule has 48 heavy (non-hydrogen) atoms. The predicted molar refractivity (Wildman–Crippen MR) is 200 cm³/mol. The molecule has 8 aromatic carbocycles. The molecular formula is C46H28O2. The molecule has 0 saturated carbocycles. The van der Waals surface area contributed by atoms with Crippen molar-refractivity contribution >= 4 is 54.5 Å². The van der Waals surface area contributed by atoms with Crippen LogP contribution in [0.1, 0.15) is 11.0 Å². The minimum absolute atomic E-state index is 0.186. The van der Waals surface area contributed by atoms with Crippen LogP contribution >= 0.6 is 0 Å². The maximum atomic E-state index is 9.16. The Morgan fingerprint density at radius 3 is 1.50 bits per heavy atom. The highest BCUT2D eigenvalue weighted by molar-refractivity contribution is 6.21.